The Balaban J connectivity index is 1.46. The first-order valence-electron chi connectivity index (χ1n) is 10.7. The molecule has 1 aliphatic heterocycles. The predicted octanol–water partition coefficient (Wildman–Crippen LogP) is 4.07. The van der Waals surface area contributed by atoms with Gasteiger partial charge in [0.25, 0.3) is 5.82 Å². The molecular weight excluding hydrogens is 390 g/mol. The Labute approximate surface area is 181 Å². The Morgan fingerprint density at radius 3 is 3.03 bits per heavy atom. The van der Waals surface area contributed by atoms with Crippen LogP contribution in [0.1, 0.15) is 49.8 Å². The van der Waals surface area contributed by atoms with Crippen molar-refractivity contribution in [3.63, 3.8) is 0 Å². The largest absolute Gasteiger partial charge is 0.491 e. The van der Waals surface area contributed by atoms with Crippen molar-refractivity contribution in [2.45, 2.75) is 44.6 Å². The van der Waals surface area contributed by atoms with Gasteiger partial charge in [0.1, 0.15) is 23.8 Å². The molecule has 2 aromatic heterocycles. The SMILES string of the molecule is CC(C)(C#N)CO[C@H]1COc2ccccc2C1/C=N\c1[nH+]cnc2[nH]c(C3CC3)cc12. The lowest BCUT2D eigenvalue weighted by atomic mass is 9.91. The normalized spacial score (nSPS) is 21.1. The fourth-order valence-corrected chi connectivity index (χ4v) is 3.90. The van der Waals surface area contributed by atoms with Crippen molar-refractivity contribution >= 4 is 23.1 Å². The second-order valence-electron chi connectivity index (χ2n) is 9.01. The summed E-state index contributed by atoms with van der Waals surface area (Å²) in [6.07, 6.45) is 5.83. The summed E-state index contributed by atoms with van der Waals surface area (Å²) >= 11 is 0. The van der Waals surface area contributed by atoms with Crippen LogP contribution >= 0.6 is 0 Å². The van der Waals surface area contributed by atoms with Crippen LogP contribution in [0, 0.1) is 16.7 Å². The van der Waals surface area contributed by atoms with Gasteiger partial charge in [0.2, 0.25) is 12.0 Å². The molecule has 1 saturated carbocycles. The summed E-state index contributed by atoms with van der Waals surface area (Å²) in [4.78, 5) is 15.9. The van der Waals surface area contributed by atoms with Gasteiger partial charge >= 0.3 is 0 Å². The van der Waals surface area contributed by atoms with E-state index >= 15 is 0 Å². The summed E-state index contributed by atoms with van der Waals surface area (Å²) in [5, 5.41) is 10.3. The number of nitrogens with one attached hydrogen (secondary N) is 2. The number of ether oxygens (including phenoxy) is 2. The summed E-state index contributed by atoms with van der Waals surface area (Å²) in [6.45, 7) is 4.50. The number of hydrogen-bond acceptors (Lipinski definition) is 5. The van der Waals surface area contributed by atoms with Crippen molar-refractivity contribution in [2.75, 3.05) is 13.2 Å². The van der Waals surface area contributed by atoms with Crippen LogP contribution in [-0.4, -0.2) is 35.5 Å². The highest BCUT2D eigenvalue weighted by Gasteiger charge is 2.33. The van der Waals surface area contributed by atoms with Gasteiger partial charge in [-0.15, -0.1) is 4.99 Å². The predicted molar refractivity (Wildman–Crippen MR) is 117 cm³/mol. The maximum atomic E-state index is 9.34. The molecule has 1 unspecified atom stereocenters. The van der Waals surface area contributed by atoms with E-state index in [2.05, 4.69) is 27.1 Å². The van der Waals surface area contributed by atoms with E-state index < -0.39 is 5.41 Å². The zero-order valence-corrected chi connectivity index (χ0v) is 17.8. The van der Waals surface area contributed by atoms with Crippen LogP contribution in [0.4, 0.5) is 5.82 Å². The minimum Gasteiger partial charge on any atom is -0.491 e. The molecule has 31 heavy (non-hydrogen) atoms. The second-order valence-corrected chi connectivity index (χ2v) is 9.01. The summed E-state index contributed by atoms with van der Waals surface area (Å²) in [6, 6.07) is 12.4. The number of nitrogens with zero attached hydrogens (tertiary/aromatic N) is 3. The highest BCUT2D eigenvalue weighted by Crippen LogP contribution is 2.41. The van der Waals surface area contributed by atoms with E-state index in [1.165, 1.54) is 18.5 Å². The van der Waals surface area contributed by atoms with Crippen molar-refractivity contribution in [1.29, 1.82) is 5.26 Å². The monoisotopic (exact) mass is 416 g/mol. The van der Waals surface area contributed by atoms with Gasteiger partial charge in [-0.25, -0.2) is 4.98 Å². The Hall–Kier alpha value is -3.24. The van der Waals surface area contributed by atoms with E-state index in [4.69, 9.17) is 14.5 Å². The Morgan fingerprint density at radius 2 is 2.23 bits per heavy atom. The molecule has 2 aliphatic rings. The second kappa shape index (κ2) is 7.78. The third-order valence-corrected chi connectivity index (χ3v) is 5.89. The molecule has 1 aliphatic carbocycles. The molecule has 1 aromatic carbocycles. The molecule has 0 bridgehead atoms. The molecule has 158 valence electrons. The lowest BCUT2D eigenvalue weighted by Crippen LogP contribution is -2.36. The molecular formula is C24H26N5O2+. The molecule has 7 nitrogen and oxygen atoms in total. The number of rotatable bonds is 6. The molecule has 2 atom stereocenters. The number of nitriles is 1. The number of benzene rings is 1. The van der Waals surface area contributed by atoms with E-state index in [1.54, 1.807) is 6.33 Å². The van der Waals surface area contributed by atoms with Crippen molar-refractivity contribution in [1.82, 2.24) is 9.97 Å². The number of aromatic nitrogens is 3. The Kier molecular flexibility index (Phi) is 4.95. The minimum absolute atomic E-state index is 0.0853. The van der Waals surface area contributed by atoms with Gasteiger partial charge in [0, 0.05) is 11.3 Å². The molecule has 0 radical (unpaired) electrons. The number of aliphatic imine (C=N–C) groups is 1. The highest BCUT2D eigenvalue weighted by molar-refractivity contribution is 5.87. The number of para-hydroxylation sites is 1. The van der Waals surface area contributed by atoms with Gasteiger partial charge < -0.3 is 14.5 Å². The van der Waals surface area contributed by atoms with Crippen LogP contribution < -0.4 is 9.72 Å². The lowest BCUT2D eigenvalue weighted by molar-refractivity contribution is -0.365. The lowest BCUT2D eigenvalue weighted by Gasteiger charge is -2.32. The quantitative estimate of drug-likeness (QED) is 0.613. The number of fused-ring (bicyclic) bond motifs is 2. The Bertz CT molecular complexity index is 1170. The average Bonchev–Trinajstić information content (AvgIpc) is 3.55. The summed E-state index contributed by atoms with van der Waals surface area (Å²) in [7, 11) is 0. The van der Waals surface area contributed by atoms with Gasteiger partial charge in [0.05, 0.1) is 30.2 Å². The minimum atomic E-state index is -0.561. The first-order valence-corrected chi connectivity index (χ1v) is 10.7. The van der Waals surface area contributed by atoms with Crippen molar-refractivity contribution in [2.24, 2.45) is 10.4 Å². The van der Waals surface area contributed by atoms with E-state index in [0.717, 1.165) is 28.2 Å². The maximum absolute atomic E-state index is 9.34. The van der Waals surface area contributed by atoms with Crippen LogP contribution in [0.5, 0.6) is 5.75 Å². The molecule has 0 amide bonds. The molecule has 0 spiro atoms. The number of H-pyrrole nitrogens is 2. The van der Waals surface area contributed by atoms with Crippen LogP contribution in [0.15, 0.2) is 41.7 Å². The van der Waals surface area contributed by atoms with E-state index in [1.807, 2.05) is 44.3 Å². The van der Waals surface area contributed by atoms with Gasteiger partial charge in [-0.2, -0.15) is 5.26 Å². The van der Waals surface area contributed by atoms with E-state index in [-0.39, 0.29) is 12.0 Å². The Morgan fingerprint density at radius 1 is 1.39 bits per heavy atom. The number of hydrogen-bond donors (Lipinski definition) is 1. The van der Waals surface area contributed by atoms with Crippen LogP contribution in [0.25, 0.3) is 11.0 Å². The van der Waals surface area contributed by atoms with Crippen molar-refractivity contribution < 1.29 is 14.5 Å². The molecule has 1 fully saturated rings. The zero-order valence-electron chi connectivity index (χ0n) is 17.8. The zero-order chi connectivity index (χ0) is 21.4. The molecule has 3 heterocycles. The van der Waals surface area contributed by atoms with Crippen LogP contribution in [0.3, 0.4) is 0 Å². The molecule has 0 saturated heterocycles. The highest BCUT2D eigenvalue weighted by atomic mass is 16.5. The van der Waals surface area contributed by atoms with Gasteiger partial charge in [-0.05, 0) is 44.7 Å². The van der Waals surface area contributed by atoms with Gasteiger partial charge in [-0.3, -0.25) is 0 Å². The standard InChI is InChI=1S/C24H25N5O2/c1-24(2,12-25)13-31-21-11-30-20-6-4-3-5-16(20)18(21)10-26-22-17-9-19(15-7-8-15)29-23(17)28-14-27-22/h3-6,9-10,14-15,18,21H,7-8,11,13H2,1-2H3,(H,27,28,29)/p+1/b26-10-/t18?,21-/m0/s1. The fraction of sp³-hybridized carbons (Fsp3) is 0.417. The van der Waals surface area contributed by atoms with Gasteiger partial charge in [-0.1, -0.05) is 23.2 Å². The maximum Gasteiger partial charge on any atom is 0.272 e. The fourth-order valence-electron chi connectivity index (χ4n) is 3.90. The van der Waals surface area contributed by atoms with E-state index in [0.29, 0.717) is 19.1 Å². The van der Waals surface area contributed by atoms with Crippen molar-refractivity contribution in [3.8, 4) is 11.8 Å². The first-order chi connectivity index (χ1) is 15.0. The summed E-state index contributed by atoms with van der Waals surface area (Å²) in [5.74, 6) is 2.15. The third-order valence-electron chi connectivity index (χ3n) is 5.89. The summed E-state index contributed by atoms with van der Waals surface area (Å²) < 4.78 is 12.1. The molecule has 2 N–H and O–H groups in total. The first kappa shape index (κ1) is 19.7. The van der Waals surface area contributed by atoms with Crippen molar-refractivity contribution in [3.05, 3.63) is 47.9 Å². The van der Waals surface area contributed by atoms with Crippen LogP contribution in [0.2, 0.25) is 0 Å². The van der Waals surface area contributed by atoms with E-state index in [9.17, 15) is 5.26 Å². The molecule has 7 heteroatoms. The smallest absolute Gasteiger partial charge is 0.272 e. The third kappa shape index (κ3) is 4.04. The molecule has 3 aromatic rings. The van der Waals surface area contributed by atoms with Gasteiger partial charge in [0.15, 0.2) is 0 Å². The topological polar surface area (TPSA) is 97.4 Å². The van der Waals surface area contributed by atoms with Crippen LogP contribution in [-0.2, 0) is 4.74 Å². The average molecular weight is 417 g/mol. The molecule has 5 rings (SSSR count). The summed E-state index contributed by atoms with van der Waals surface area (Å²) in [5.41, 5.74) is 2.56. The number of aromatic amines is 2.